The van der Waals surface area contributed by atoms with E-state index in [4.69, 9.17) is 5.73 Å². The third kappa shape index (κ3) is 2.41. The van der Waals surface area contributed by atoms with Crippen LogP contribution in [0.1, 0.15) is 26.2 Å². The van der Waals surface area contributed by atoms with E-state index in [1.807, 2.05) is 12.3 Å². The molecule has 0 saturated carbocycles. The van der Waals surface area contributed by atoms with Crippen LogP contribution in [0.4, 0.5) is 11.4 Å². The van der Waals surface area contributed by atoms with Crippen LogP contribution < -0.4 is 10.6 Å². The van der Waals surface area contributed by atoms with Gasteiger partial charge in [0.05, 0.1) is 17.6 Å². The molecule has 0 amide bonds. The van der Waals surface area contributed by atoms with E-state index >= 15 is 0 Å². The van der Waals surface area contributed by atoms with Crippen LogP contribution in [0.2, 0.25) is 0 Å². The van der Waals surface area contributed by atoms with Gasteiger partial charge in [-0.2, -0.15) is 0 Å². The molecule has 0 aromatic carbocycles. The van der Waals surface area contributed by atoms with Crippen molar-refractivity contribution in [1.29, 1.82) is 0 Å². The number of rotatable bonds is 2. The van der Waals surface area contributed by atoms with E-state index in [0.29, 0.717) is 0 Å². The molecule has 0 radical (unpaired) electrons. The average Bonchev–Trinajstić information content (AvgIpc) is 2.29. The summed E-state index contributed by atoms with van der Waals surface area (Å²) in [6, 6.07) is 2.01. The van der Waals surface area contributed by atoms with Gasteiger partial charge < -0.3 is 10.6 Å². The predicted molar refractivity (Wildman–Crippen MR) is 63.9 cm³/mol. The largest absolute Gasteiger partial charge is 0.397 e. The number of nitrogens with zero attached hydrogens (tertiary/aromatic N) is 2. The molecule has 0 unspecified atom stereocenters. The molecule has 1 aromatic rings. The highest BCUT2D eigenvalue weighted by Gasteiger charge is 2.17. The van der Waals surface area contributed by atoms with E-state index < -0.39 is 0 Å². The van der Waals surface area contributed by atoms with Crippen molar-refractivity contribution in [2.75, 3.05) is 23.7 Å². The van der Waals surface area contributed by atoms with Crippen molar-refractivity contribution < 1.29 is 0 Å². The van der Waals surface area contributed by atoms with Crippen molar-refractivity contribution in [2.45, 2.75) is 26.2 Å². The first-order chi connectivity index (χ1) is 7.29. The molecule has 82 valence electrons. The van der Waals surface area contributed by atoms with Crippen molar-refractivity contribution >= 4 is 11.4 Å². The number of piperidine rings is 1. The van der Waals surface area contributed by atoms with Gasteiger partial charge in [-0.05, 0) is 24.8 Å². The third-order valence-corrected chi connectivity index (χ3v) is 3.30. The molecule has 0 aliphatic carbocycles. The molecule has 1 fully saturated rings. The lowest BCUT2D eigenvalue weighted by Gasteiger charge is -2.33. The van der Waals surface area contributed by atoms with Crippen LogP contribution in [-0.4, -0.2) is 18.1 Å². The van der Waals surface area contributed by atoms with Crippen LogP contribution in [0.5, 0.6) is 0 Å². The van der Waals surface area contributed by atoms with E-state index in [2.05, 4.69) is 16.8 Å². The molecule has 0 atom stereocenters. The number of pyridine rings is 1. The summed E-state index contributed by atoms with van der Waals surface area (Å²) in [4.78, 5) is 6.52. The maximum absolute atomic E-state index is 5.73. The Morgan fingerprint density at radius 2 is 2.13 bits per heavy atom. The monoisotopic (exact) mass is 205 g/mol. The second-order valence-electron chi connectivity index (χ2n) is 4.32. The Balaban J connectivity index is 2.01. The van der Waals surface area contributed by atoms with E-state index in [9.17, 15) is 0 Å². The summed E-state index contributed by atoms with van der Waals surface area (Å²) in [5.41, 5.74) is 7.66. The van der Waals surface area contributed by atoms with Crippen molar-refractivity contribution in [3.05, 3.63) is 18.5 Å². The van der Waals surface area contributed by atoms with Gasteiger partial charge >= 0.3 is 0 Å². The van der Waals surface area contributed by atoms with Gasteiger partial charge in [0.2, 0.25) is 0 Å². The molecule has 15 heavy (non-hydrogen) atoms. The summed E-state index contributed by atoms with van der Waals surface area (Å²) in [7, 11) is 0. The summed E-state index contributed by atoms with van der Waals surface area (Å²) in [6.07, 6.45) is 7.50. The van der Waals surface area contributed by atoms with E-state index in [0.717, 1.165) is 24.7 Å². The Kier molecular flexibility index (Phi) is 3.09. The molecule has 1 aliphatic heterocycles. The van der Waals surface area contributed by atoms with Crippen LogP contribution >= 0.6 is 0 Å². The number of anilines is 2. The first-order valence-electron chi connectivity index (χ1n) is 5.75. The third-order valence-electron chi connectivity index (χ3n) is 3.30. The first-order valence-corrected chi connectivity index (χ1v) is 5.75. The molecule has 1 aromatic heterocycles. The second kappa shape index (κ2) is 4.51. The van der Waals surface area contributed by atoms with Gasteiger partial charge in [-0.25, -0.2) is 0 Å². The minimum atomic E-state index is 0.755. The zero-order chi connectivity index (χ0) is 10.7. The second-order valence-corrected chi connectivity index (χ2v) is 4.32. The molecule has 2 N–H and O–H groups in total. The average molecular weight is 205 g/mol. The van der Waals surface area contributed by atoms with Crippen molar-refractivity contribution in [3.8, 4) is 0 Å². The molecule has 3 heteroatoms. The first kappa shape index (κ1) is 10.3. The number of hydrogen-bond donors (Lipinski definition) is 1. The Hall–Kier alpha value is -1.25. The van der Waals surface area contributed by atoms with E-state index in [-0.39, 0.29) is 0 Å². The van der Waals surface area contributed by atoms with Crippen LogP contribution in [0.3, 0.4) is 0 Å². The van der Waals surface area contributed by atoms with Crippen LogP contribution in [0, 0.1) is 5.92 Å². The molecule has 0 bridgehead atoms. The summed E-state index contributed by atoms with van der Waals surface area (Å²) >= 11 is 0. The summed E-state index contributed by atoms with van der Waals surface area (Å²) in [5, 5.41) is 0. The van der Waals surface area contributed by atoms with Gasteiger partial charge in [0.15, 0.2) is 0 Å². The minimum Gasteiger partial charge on any atom is -0.397 e. The molecule has 1 saturated heterocycles. The lowest BCUT2D eigenvalue weighted by molar-refractivity contribution is 0.395. The molecular weight excluding hydrogens is 186 g/mol. The molecular formula is C12H19N3. The number of aromatic nitrogens is 1. The molecule has 3 nitrogen and oxygen atoms in total. The summed E-state index contributed by atoms with van der Waals surface area (Å²) in [5.74, 6) is 0.912. The van der Waals surface area contributed by atoms with Crippen LogP contribution in [0.25, 0.3) is 0 Å². The van der Waals surface area contributed by atoms with Crippen LogP contribution in [0.15, 0.2) is 18.5 Å². The Labute approximate surface area is 91.3 Å². The quantitative estimate of drug-likeness (QED) is 0.805. The fraction of sp³-hybridized carbons (Fsp3) is 0.583. The fourth-order valence-electron chi connectivity index (χ4n) is 2.22. The smallest absolute Gasteiger partial charge is 0.0573 e. The maximum atomic E-state index is 5.73. The fourth-order valence-corrected chi connectivity index (χ4v) is 2.22. The molecule has 0 spiro atoms. The number of nitrogens with two attached hydrogens (primary N) is 1. The zero-order valence-corrected chi connectivity index (χ0v) is 9.32. The van der Waals surface area contributed by atoms with E-state index in [1.165, 1.54) is 24.9 Å². The van der Waals surface area contributed by atoms with Gasteiger partial charge in [-0.1, -0.05) is 13.3 Å². The normalized spacial score (nSPS) is 18.1. The predicted octanol–water partition coefficient (Wildman–Crippen LogP) is 2.29. The minimum absolute atomic E-state index is 0.755. The molecule has 1 aliphatic rings. The maximum Gasteiger partial charge on any atom is 0.0573 e. The van der Waals surface area contributed by atoms with Crippen molar-refractivity contribution in [1.82, 2.24) is 4.98 Å². The standard InChI is InChI=1S/C12H19N3/c1-2-10-3-5-15(6-4-10)12-7-11(13)8-14-9-12/h7-10H,2-6,13H2,1H3. The summed E-state index contributed by atoms with van der Waals surface area (Å²) in [6.45, 7) is 4.57. The zero-order valence-electron chi connectivity index (χ0n) is 9.32. The number of hydrogen-bond acceptors (Lipinski definition) is 3. The van der Waals surface area contributed by atoms with Gasteiger partial charge in [-0.15, -0.1) is 0 Å². The van der Waals surface area contributed by atoms with Gasteiger partial charge in [0, 0.05) is 19.3 Å². The highest BCUT2D eigenvalue weighted by atomic mass is 15.1. The van der Waals surface area contributed by atoms with Gasteiger partial charge in [-0.3, -0.25) is 4.98 Å². The molecule has 2 heterocycles. The number of nitrogen functional groups attached to an aromatic ring is 1. The Morgan fingerprint density at radius 1 is 1.40 bits per heavy atom. The Bertz CT molecular complexity index is 316. The van der Waals surface area contributed by atoms with E-state index in [1.54, 1.807) is 6.20 Å². The van der Waals surface area contributed by atoms with Gasteiger partial charge in [0.25, 0.3) is 0 Å². The highest BCUT2D eigenvalue weighted by Crippen LogP contribution is 2.25. The molecule has 2 rings (SSSR count). The van der Waals surface area contributed by atoms with Crippen LogP contribution in [-0.2, 0) is 0 Å². The van der Waals surface area contributed by atoms with Crippen molar-refractivity contribution in [2.24, 2.45) is 5.92 Å². The van der Waals surface area contributed by atoms with Crippen molar-refractivity contribution in [3.63, 3.8) is 0 Å². The summed E-state index contributed by atoms with van der Waals surface area (Å²) < 4.78 is 0. The SMILES string of the molecule is CCC1CCN(c2cncc(N)c2)CC1. The topological polar surface area (TPSA) is 42.2 Å². The highest BCUT2D eigenvalue weighted by molar-refractivity contribution is 5.53. The Morgan fingerprint density at radius 3 is 2.73 bits per heavy atom. The lowest BCUT2D eigenvalue weighted by Crippen LogP contribution is -2.33. The lowest BCUT2D eigenvalue weighted by atomic mass is 9.94. The van der Waals surface area contributed by atoms with Gasteiger partial charge in [0.1, 0.15) is 0 Å².